The van der Waals surface area contributed by atoms with Crippen LogP contribution >= 0.6 is 0 Å². The van der Waals surface area contributed by atoms with Crippen molar-refractivity contribution in [1.82, 2.24) is 4.98 Å². The third-order valence-electron chi connectivity index (χ3n) is 3.89. The maximum atomic E-state index is 12.8. The van der Waals surface area contributed by atoms with E-state index < -0.39 is 23.8 Å². The minimum Gasteiger partial charge on any atom is -0.480 e. The van der Waals surface area contributed by atoms with Crippen LogP contribution in [-0.4, -0.2) is 28.6 Å². The Bertz CT molecular complexity index is 730. The highest BCUT2D eigenvalue weighted by Crippen LogP contribution is 2.35. The number of nitrogens with zero attached hydrogens (tertiary/aromatic N) is 2. The maximum Gasteiger partial charge on any atom is 0.416 e. The van der Waals surface area contributed by atoms with Crippen molar-refractivity contribution in [2.45, 2.75) is 25.1 Å². The van der Waals surface area contributed by atoms with E-state index in [2.05, 4.69) is 4.98 Å². The summed E-state index contributed by atoms with van der Waals surface area (Å²) in [6.07, 6.45) is -1.75. The third-order valence-corrected chi connectivity index (χ3v) is 3.89. The summed E-state index contributed by atoms with van der Waals surface area (Å²) in [5, 5.41) is 9.79. The summed E-state index contributed by atoms with van der Waals surface area (Å²) in [5.41, 5.74) is 0.0628. The number of carboxylic acids is 1. The molecule has 2 aromatic rings. The molecule has 1 aromatic carbocycles. The fourth-order valence-electron chi connectivity index (χ4n) is 2.87. The van der Waals surface area contributed by atoms with Crippen molar-refractivity contribution in [3.63, 3.8) is 0 Å². The summed E-state index contributed by atoms with van der Waals surface area (Å²) in [5.74, 6) is -0.922. The van der Waals surface area contributed by atoms with E-state index >= 15 is 0 Å². The Kier molecular flexibility index (Phi) is 3.42. The van der Waals surface area contributed by atoms with Crippen molar-refractivity contribution in [2.24, 2.45) is 0 Å². The number of halogens is 3. The number of hydrogen-bond donors (Lipinski definition) is 1. The smallest absolute Gasteiger partial charge is 0.416 e. The Hall–Kier alpha value is -2.31. The molecule has 1 atom stereocenters. The SMILES string of the molecule is O=C(O)C1CCCN1c1ccnc2cc(C(F)(F)F)ccc12. The zero-order chi connectivity index (χ0) is 15.9. The topological polar surface area (TPSA) is 53.4 Å². The van der Waals surface area contributed by atoms with E-state index in [1.165, 1.54) is 12.3 Å². The predicted molar refractivity (Wildman–Crippen MR) is 74.7 cm³/mol. The number of hydrogen-bond acceptors (Lipinski definition) is 3. The molecular formula is C15H13F3N2O2. The van der Waals surface area contributed by atoms with Crippen LogP contribution < -0.4 is 4.90 Å². The van der Waals surface area contributed by atoms with E-state index in [0.29, 0.717) is 24.0 Å². The molecule has 0 bridgehead atoms. The van der Waals surface area contributed by atoms with Crippen LogP contribution in [0.15, 0.2) is 30.5 Å². The Morgan fingerprint density at radius 3 is 2.77 bits per heavy atom. The molecule has 2 heterocycles. The normalized spacial score (nSPS) is 18.9. The first kappa shape index (κ1) is 14.6. The van der Waals surface area contributed by atoms with Crippen molar-refractivity contribution in [1.29, 1.82) is 0 Å². The van der Waals surface area contributed by atoms with Crippen molar-refractivity contribution in [3.8, 4) is 0 Å². The average Bonchev–Trinajstić information content (AvgIpc) is 2.94. The van der Waals surface area contributed by atoms with Gasteiger partial charge in [0.1, 0.15) is 6.04 Å². The monoisotopic (exact) mass is 310 g/mol. The number of carbonyl (C=O) groups is 1. The first-order chi connectivity index (χ1) is 10.4. The zero-order valence-corrected chi connectivity index (χ0v) is 11.5. The lowest BCUT2D eigenvalue weighted by Crippen LogP contribution is -2.36. The molecule has 116 valence electrons. The molecule has 4 nitrogen and oxygen atoms in total. The van der Waals surface area contributed by atoms with Gasteiger partial charge in [-0.3, -0.25) is 4.98 Å². The van der Waals surface area contributed by atoms with E-state index in [1.807, 2.05) is 0 Å². The van der Waals surface area contributed by atoms with Crippen molar-refractivity contribution in [2.75, 3.05) is 11.4 Å². The molecule has 3 rings (SSSR count). The summed E-state index contributed by atoms with van der Waals surface area (Å²) in [6.45, 7) is 0.567. The van der Waals surface area contributed by atoms with Gasteiger partial charge in [0.25, 0.3) is 0 Å². The van der Waals surface area contributed by atoms with Gasteiger partial charge in [-0.15, -0.1) is 0 Å². The highest BCUT2D eigenvalue weighted by atomic mass is 19.4. The highest BCUT2D eigenvalue weighted by molar-refractivity contribution is 5.94. The standard InChI is InChI=1S/C15H13F3N2O2/c16-15(17,18)9-3-4-10-11(8-9)19-6-5-12(10)20-7-1-2-13(20)14(21)22/h3-6,8,13H,1-2,7H2,(H,21,22). The highest BCUT2D eigenvalue weighted by Gasteiger charge is 2.33. The Labute approximate surface area is 124 Å². The van der Waals surface area contributed by atoms with E-state index in [-0.39, 0.29) is 5.52 Å². The minimum absolute atomic E-state index is 0.211. The van der Waals surface area contributed by atoms with Gasteiger partial charge in [-0.05, 0) is 31.0 Å². The number of carboxylic acid groups (broad SMARTS) is 1. The predicted octanol–water partition coefficient (Wildman–Crippen LogP) is 3.31. The fourth-order valence-corrected chi connectivity index (χ4v) is 2.87. The summed E-state index contributed by atoms with van der Waals surface area (Å²) in [7, 11) is 0. The zero-order valence-electron chi connectivity index (χ0n) is 11.5. The molecule has 0 saturated carbocycles. The molecule has 1 unspecified atom stereocenters. The molecule has 1 aliphatic heterocycles. The van der Waals surface area contributed by atoms with Gasteiger partial charge >= 0.3 is 12.1 Å². The molecule has 1 aromatic heterocycles. The first-order valence-electron chi connectivity index (χ1n) is 6.83. The number of aliphatic carboxylic acids is 1. The summed E-state index contributed by atoms with van der Waals surface area (Å²) < 4.78 is 38.3. The molecule has 1 saturated heterocycles. The van der Waals surface area contributed by atoms with Gasteiger partial charge in [-0.25, -0.2) is 4.79 Å². The van der Waals surface area contributed by atoms with Gasteiger partial charge < -0.3 is 10.0 Å². The van der Waals surface area contributed by atoms with Crippen molar-refractivity contribution >= 4 is 22.6 Å². The van der Waals surface area contributed by atoms with Crippen LogP contribution in [0.3, 0.4) is 0 Å². The minimum atomic E-state index is -4.43. The molecule has 0 spiro atoms. The van der Waals surface area contributed by atoms with Crippen LogP contribution in [0.1, 0.15) is 18.4 Å². The third kappa shape index (κ3) is 2.47. The van der Waals surface area contributed by atoms with Crippen LogP contribution in [0, 0.1) is 0 Å². The summed E-state index contributed by atoms with van der Waals surface area (Å²) in [4.78, 5) is 17.0. The Morgan fingerprint density at radius 2 is 2.09 bits per heavy atom. The number of rotatable bonds is 2. The number of fused-ring (bicyclic) bond motifs is 1. The van der Waals surface area contributed by atoms with E-state index in [1.54, 1.807) is 11.0 Å². The quantitative estimate of drug-likeness (QED) is 0.924. The van der Waals surface area contributed by atoms with Crippen molar-refractivity contribution in [3.05, 3.63) is 36.0 Å². The number of pyridine rings is 1. The average molecular weight is 310 g/mol. The van der Waals surface area contributed by atoms with Gasteiger partial charge in [-0.2, -0.15) is 13.2 Å². The molecule has 22 heavy (non-hydrogen) atoms. The van der Waals surface area contributed by atoms with Crippen molar-refractivity contribution < 1.29 is 23.1 Å². The number of benzene rings is 1. The van der Waals surface area contributed by atoms with E-state index in [4.69, 9.17) is 0 Å². The molecule has 0 radical (unpaired) electrons. The second-order valence-corrected chi connectivity index (χ2v) is 5.25. The van der Waals surface area contributed by atoms with Gasteiger partial charge in [-0.1, -0.05) is 6.07 Å². The lowest BCUT2D eigenvalue weighted by Gasteiger charge is -2.25. The molecule has 0 amide bonds. The van der Waals surface area contributed by atoms with Crippen LogP contribution in [0.2, 0.25) is 0 Å². The maximum absolute atomic E-state index is 12.8. The molecular weight excluding hydrogens is 297 g/mol. The fraction of sp³-hybridized carbons (Fsp3) is 0.333. The Balaban J connectivity index is 2.10. The van der Waals surface area contributed by atoms with Gasteiger partial charge in [0.05, 0.1) is 11.1 Å². The second kappa shape index (κ2) is 5.15. The molecule has 1 aliphatic rings. The van der Waals surface area contributed by atoms with Crippen LogP contribution in [-0.2, 0) is 11.0 Å². The lowest BCUT2D eigenvalue weighted by molar-refractivity contribution is -0.138. The van der Waals surface area contributed by atoms with E-state index in [9.17, 15) is 23.1 Å². The second-order valence-electron chi connectivity index (χ2n) is 5.25. The Morgan fingerprint density at radius 1 is 1.32 bits per heavy atom. The largest absolute Gasteiger partial charge is 0.480 e. The molecule has 7 heteroatoms. The van der Waals surface area contributed by atoms with Crippen LogP contribution in [0.4, 0.5) is 18.9 Å². The summed E-state index contributed by atoms with van der Waals surface area (Å²) in [6, 6.07) is 4.35. The number of alkyl halides is 3. The first-order valence-corrected chi connectivity index (χ1v) is 6.83. The number of anilines is 1. The van der Waals surface area contributed by atoms with Gasteiger partial charge in [0, 0.05) is 23.8 Å². The van der Waals surface area contributed by atoms with Crippen LogP contribution in [0.5, 0.6) is 0 Å². The van der Waals surface area contributed by atoms with E-state index in [0.717, 1.165) is 18.6 Å². The lowest BCUT2D eigenvalue weighted by atomic mass is 10.1. The summed E-state index contributed by atoms with van der Waals surface area (Å²) >= 11 is 0. The molecule has 1 fully saturated rings. The molecule has 0 aliphatic carbocycles. The van der Waals surface area contributed by atoms with Gasteiger partial charge in [0.2, 0.25) is 0 Å². The molecule has 1 N–H and O–H groups in total. The van der Waals surface area contributed by atoms with Gasteiger partial charge in [0.15, 0.2) is 0 Å². The van der Waals surface area contributed by atoms with Crippen LogP contribution in [0.25, 0.3) is 10.9 Å². The number of aromatic nitrogens is 1.